The molecule has 0 amide bonds. The minimum atomic E-state index is -3.71. The second-order valence-electron chi connectivity index (χ2n) is 8.12. The minimum Gasteiger partial charge on any atom is -0.413 e. The smallest absolute Gasteiger partial charge is 0.296 e. The van der Waals surface area contributed by atoms with Crippen molar-refractivity contribution in [1.29, 1.82) is 0 Å². The summed E-state index contributed by atoms with van der Waals surface area (Å²) in [6.07, 6.45) is 0.536. The molecule has 26 heavy (non-hydrogen) atoms. The highest BCUT2D eigenvalue weighted by atomic mass is 32.2. The highest BCUT2D eigenvalue weighted by molar-refractivity contribution is 7.86. The first kappa shape index (κ1) is 23.3. The fourth-order valence-corrected chi connectivity index (χ4v) is 10.5. The van der Waals surface area contributed by atoms with Gasteiger partial charge in [0.2, 0.25) is 8.32 Å². The van der Waals surface area contributed by atoms with E-state index in [4.69, 9.17) is 8.61 Å². The molecule has 1 aromatic carbocycles. The molecule has 0 bridgehead atoms. The lowest BCUT2D eigenvalue weighted by Gasteiger charge is -2.44. The van der Waals surface area contributed by atoms with E-state index >= 15 is 0 Å². The summed E-state index contributed by atoms with van der Waals surface area (Å²) in [6.45, 7) is 17.6. The maximum Gasteiger partial charge on any atom is 0.296 e. The van der Waals surface area contributed by atoms with Gasteiger partial charge in [0.1, 0.15) is 0 Å². The molecule has 1 aromatic rings. The van der Waals surface area contributed by atoms with Crippen LogP contribution in [-0.4, -0.2) is 29.4 Å². The maximum atomic E-state index is 12.3. The summed E-state index contributed by atoms with van der Waals surface area (Å²) in [5.41, 5.74) is 2.52. The van der Waals surface area contributed by atoms with Crippen molar-refractivity contribution < 1.29 is 17.0 Å². The van der Waals surface area contributed by atoms with Crippen molar-refractivity contribution in [2.75, 3.05) is 6.61 Å². The Labute approximate surface area is 161 Å². The van der Waals surface area contributed by atoms with Crippen LogP contribution in [-0.2, 0) is 18.7 Å². The molecule has 0 saturated carbocycles. The van der Waals surface area contributed by atoms with Gasteiger partial charge >= 0.3 is 0 Å². The van der Waals surface area contributed by atoms with Gasteiger partial charge in [-0.25, -0.2) is 0 Å². The second-order valence-corrected chi connectivity index (χ2v) is 15.1. The summed E-state index contributed by atoms with van der Waals surface area (Å²) in [6, 6.07) is 6.71. The Balaban J connectivity index is 2.71. The zero-order valence-corrected chi connectivity index (χ0v) is 19.4. The molecule has 0 heterocycles. The van der Waals surface area contributed by atoms with Crippen molar-refractivity contribution in [2.24, 2.45) is 0 Å². The molecule has 0 fully saturated rings. The molecule has 0 saturated heterocycles. The van der Waals surface area contributed by atoms with Gasteiger partial charge in [-0.3, -0.25) is 4.18 Å². The summed E-state index contributed by atoms with van der Waals surface area (Å²) in [4.78, 5) is 0.201. The van der Waals surface area contributed by atoms with Gasteiger partial charge in [0, 0.05) is 6.10 Å². The van der Waals surface area contributed by atoms with E-state index in [1.54, 1.807) is 24.3 Å². The van der Waals surface area contributed by atoms with Crippen molar-refractivity contribution in [2.45, 2.75) is 89.4 Å². The summed E-state index contributed by atoms with van der Waals surface area (Å²) >= 11 is 0. The van der Waals surface area contributed by atoms with Crippen LogP contribution in [0.25, 0.3) is 0 Å². The van der Waals surface area contributed by atoms with E-state index in [-0.39, 0.29) is 17.6 Å². The first-order valence-corrected chi connectivity index (χ1v) is 13.1. The van der Waals surface area contributed by atoms with Crippen LogP contribution in [0.2, 0.25) is 16.6 Å². The summed E-state index contributed by atoms with van der Waals surface area (Å²) in [5, 5.41) is 0. The lowest BCUT2D eigenvalue weighted by molar-refractivity contribution is 0.157. The van der Waals surface area contributed by atoms with Gasteiger partial charge in [-0.2, -0.15) is 8.42 Å². The Morgan fingerprint density at radius 2 is 1.35 bits per heavy atom. The first-order valence-electron chi connectivity index (χ1n) is 9.57. The van der Waals surface area contributed by atoms with Gasteiger partial charge in [0.15, 0.2) is 0 Å². The average Bonchev–Trinajstić information content (AvgIpc) is 2.51. The van der Waals surface area contributed by atoms with Crippen molar-refractivity contribution >= 4 is 18.4 Å². The van der Waals surface area contributed by atoms with Crippen LogP contribution < -0.4 is 0 Å². The highest BCUT2D eigenvalue weighted by Gasteiger charge is 2.45. The Morgan fingerprint density at radius 3 is 1.77 bits per heavy atom. The largest absolute Gasteiger partial charge is 0.413 e. The third-order valence-electron chi connectivity index (χ3n) is 5.18. The number of aryl methyl sites for hydroxylation is 1. The molecule has 0 aromatic heterocycles. The van der Waals surface area contributed by atoms with Crippen LogP contribution in [0.3, 0.4) is 0 Å². The molecular formula is C20H36O4SSi. The van der Waals surface area contributed by atoms with Crippen LogP contribution in [0, 0.1) is 6.92 Å². The third kappa shape index (κ3) is 5.65. The molecule has 0 N–H and O–H groups in total. The second kappa shape index (κ2) is 9.49. The van der Waals surface area contributed by atoms with Crippen molar-refractivity contribution in [3.05, 3.63) is 29.8 Å². The number of hydrogen-bond donors (Lipinski definition) is 0. The molecule has 0 spiro atoms. The van der Waals surface area contributed by atoms with Crippen LogP contribution in [0.5, 0.6) is 0 Å². The van der Waals surface area contributed by atoms with E-state index in [1.807, 2.05) is 13.8 Å². The predicted octanol–water partition coefficient (Wildman–Crippen LogP) is 5.67. The lowest BCUT2D eigenvalue weighted by Crippen LogP contribution is -2.49. The fraction of sp³-hybridized carbons (Fsp3) is 0.700. The van der Waals surface area contributed by atoms with E-state index in [0.29, 0.717) is 23.0 Å². The van der Waals surface area contributed by atoms with Gasteiger partial charge < -0.3 is 4.43 Å². The first-order chi connectivity index (χ1) is 11.9. The quantitative estimate of drug-likeness (QED) is 0.375. The number of rotatable bonds is 10. The van der Waals surface area contributed by atoms with Crippen molar-refractivity contribution in [1.82, 2.24) is 0 Å². The van der Waals surface area contributed by atoms with Crippen LogP contribution in [0.1, 0.15) is 60.5 Å². The van der Waals surface area contributed by atoms with Gasteiger partial charge in [0.05, 0.1) is 11.5 Å². The predicted molar refractivity (Wildman–Crippen MR) is 111 cm³/mol. The summed E-state index contributed by atoms with van der Waals surface area (Å²) in [5.74, 6) is 0. The zero-order chi connectivity index (χ0) is 20.1. The monoisotopic (exact) mass is 400 g/mol. The van der Waals surface area contributed by atoms with E-state index < -0.39 is 18.4 Å². The third-order valence-corrected chi connectivity index (χ3v) is 12.7. The van der Waals surface area contributed by atoms with E-state index in [1.165, 1.54) is 0 Å². The minimum absolute atomic E-state index is 0.0258. The van der Waals surface area contributed by atoms with E-state index in [9.17, 15) is 8.42 Å². The number of benzene rings is 1. The van der Waals surface area contributed by atoms with E-state index in [0.717, 1.165) is 5.56 Å². The molecular weight excluding hydrogens is 364 g/mol. The van der Waals surface area contributed by atoms with Crippen LogP contribution in [0.15, 0.2) is 29.2 Å². The van der Waals surface area contributed by atoms with Crippen molar-refractivity contribution in [3.8, 4) is 0 Å². The Hall–Kier alpha value is -0.693. The Morgan fingerprint density at radius 1 is 0.885 bits per heavy atom. The van der Waals surface area contributed by atoms with Gasteiger partial charge in [-0.05, 0) is 49.0 Å². The zero-order valence-electron chi connectivity index (χ0n) is 17.6. The molecule has 0 radical (unpaired) electrons. The molecule has 6 heteroatoms. The lowest BCUT2D eigenvalue weighted by atomic mass is 10.2. The van der Waals surface area contributed by atoms with Crippen LogP contribution >= 0.6 is 0 Å². The van der Waals surface area contributed by atoms with Gasteiger partial charge in [-0.1, -0.05) is 59.2 Å². The van der Waals surface area contributed by atoms with E-state index in [2.05, 4.69) is 41.5 Å². The van der Waals surface area contributed by atoms with Crippen molar-refractivity contribution in [3.63, 3.8) is 0 Å². The molecule has 0 unspecified atom stereocenters. The molecule has 1 rings (SSSR count). The van der Waals surface area contributed by atoms with Gasteiger partial charge in [-0.15, -0.1) is 0 Å². The molecule has 150 valence electrons. The molecule has 0 aliphatic heterocycles. The Bertz CT molecular complexity index is 629. The molecule has 0 aliphatic rings. The fourth-order valence-electron chi connectivity index (χ4n) is 3.91. The summed E-state index contributed by atoms with van der Waals surface area (Å²) < 4.78 is 36.4. The Kier molecular flexibility index (Phi) is 8.52. The molecule has 4 nitrogen and oxygen atoms in total. The molecule has 0 aliphatic carbocycles. The normalized spacial score (nSPS) is 14.4. The standard InChI is InChI=1S/C20H36O4SSi/c1-15(2)26(16(3)4,17(5)6)24-19(8)13-14-23-25(21,22)20-11-9-18(7)10-12-20/h9-12,15-17,19H,13-14H2,1-8H3/t19-/m0/s1. The van der Waals surface area contributed by atoms with Crippen LogP contribution in [0.4, 0.5) is 0 Å². The SMILES string of the molecule is Cc1ccc(S(=O)(=O)OCC[C@H](C)O[Si](C(C)C)(C(C)C)C(C)C)cc1. The summed E-state index contributed by atoms with van der Waals surface area (Å²) in [7, 11) is -5.67. The van der Waals surface area contributed by atoms with Gasteiger partial charge in [0.25, 0.3) is 10.1 Å². The number of hydrogen-bond acceptors (Lipinski definition) is 4. The molecule has 1 atom stereocenters. The highest BCUT2D eigenvalue weighted by Crippen LogP contribution is 2.43. The topological polar surface area (TPSA) is 52.6 Å². The maximum absolute atomic E-state index is 12.3. The average molecular weight is 401 g/mol.